The van der Waals surface area contributed by atoms with Gasteiger partial charge in [0.1, 0.15) is 24.0 Å². The number of hydrogen-bond donors (Lipinski definition) is 1. The molecule has 3 heterocycles. The van der Waals surface area contributed by atoms with E-state index in [4.69, 9.17) is 10.4 Å². The molecule has 3 aromatic rings. The van der Waals surface area contributed by atoms with Crippen LogP contribution < -0.4 is 9.80 Å². The van der Waals surface area contributed by atoms with E-state index in [9.17, 15) is 4.79 Å². The lowest BCUT2D eigenvalue weighted by Crippen LogP contribution is -2.58. The van der Waals surface area contributed by atoms with E-state index < -0.39 is 0 Å². The van der Waals surface area contributed by atoms with Crippen molar-refractivity contribution in [1.29, 1.82) is 5.41 Å². The number of benzene rings is 1. The van der Waals surface area contributed by atoms with Gasteiger partial charge >= 0.3 is 0 Å². The predicted molar refractivity (Wildman–Crippen MR) is 122 cm³/mol. The number of amidine groups is 1. The third-order valence-corrected chi connectivity index (χ3v) is 5.74. The molecule has 1 aromatic carbocycles. The molecule has 0 saturated heterocycles. The summed E-state index contributed by atoms with van der Waals surface area (Å²) in [7, 11) is 1.89. The molecule has 2 aromatic heterocycles. The van der Waals surface area contributed by atoms with Crippen molar-refractivity contribution in [3.05, 3.63) is 48.9 Å². The summed E-state index contributed by atoms with van der Waals surface area (Å²) < 4.78 is 1.85. The monoisotopic (exact) mass is 417 g/mol. The lowest BCUT2D eigenvalue weighted by molar-refractivity contribution is -0.109. The zero-order valence-electron chi connectivity index (χ0n) is 18.1. The number of likely N-dealkylation sites (N-methyl/N-ethyl adjacent to an activating group) is 1. The first-order chi connectivity index (χ1) is 15.1. The van der Waals surface area contributed by atoms with Crippen LogP contribution in [-0.4, -0.2) is 50.8 Å². The first-order valence-corrected chi connectivity index (χ1v) is 10.6. The Kier molecular flexibility index (Phi) is 5.79. The molecule has 2 atom stereocenters. The molecule has 0 saturated carbocycles. The number of anilines is 2. The fourth-order valence-electron chi connectivity index (χ4n) is 4.19. The van der Waals surface area contributed by atoms with Gasteiger partial charge in [-0.05, 0) is 12.8 Å². The number of hydrogen-bond acceptors (Lipinski definition) is 6. The van der Waals surface area contributed by atoms with E-state index in [0.717, 1.165) is 36.2 Å². The van der Waals surface area contributed by atoms with Gasteiger partial charge in [-0.2, -0.15) is 4.98 Å². The summed E-state index contributed by atoms with van der Waals surface area (Å²) in [5.74, 6) is 2.35. The molecule has 1 N–H and O–H groups in total. The Morgan fingerprint density at radius 1 is 1.19 bits per heavy atom. The fourth-order valence-corrected chi connectivity index (χ4v) is 4.19. The number of aldehydes is 1. The van der Waals surface area contributed by atoms with E-state index in [1.54, 1.807) is 12.4 Å². The second-order valence-corrected chi connectivity index (χ2v) is 7.65. The lowest BCUT2D eigenvalue weighted by atomic mass is 9.98. The molecule has 0 aliphatic carbocycles. The largest absolute Gasteiger partial charge is 0.359 e. The molecule has 4 rings (SSSR count). The van der Waals surface area contributed by atoms with Crippen LogP contribution in [-0.2, 0) is 4.79 Å². The lowest BCUT2D eigenvalue weighted by Gasteiger charge is -2.45. The Labute approximate surface area is 182 Å². The maximum absolute atomic E-state index is 11.9. The number of rotatable bonds is 6. The maximum Gasteiger partial charge on any atom is 0.237 e. The second-order valence-electron chi connectivity index (χ2n) is 7.65. The Morgan fingerprint density at radius 3 is 2.65 bits per heavy atom. The Balaban J connectivity index is 1.85. The molecule has 8 nitrogen and oxygen atoms in total. The zero-order valence-corrected chi connectivity index (χ0v) is 18.1. The minimum atomic E-state index is -0.364. The molecule has 0 fully saturated rings. The first-order valence-electron chi connectivity index (χ1n) is 10.6. The summed E-state index contributed by atoms with van der Waals surface area (Å²) in [6.45, 7) is 4.09. The first kappa shape index (κ1) is 20.7. The summed E-state index contributed by atoms with van der Waals surface area (Å²) in [4.78, 5) is 29.7. The van der Waals surface area contributed by atoms with Crippen molar-refractivity contribution >= 4 is 23.6 Å². The molecule has 0 spiro atoms. The topological polar surface area (TPSA) is 91.0 Å². The minimum Gasteiger partial charge on any atom is -0.359 e. The fraction of sp³-hybridized carbons (Fsp3) is 0.348. The van der Waals surface area contributed by atoms with Crippen LogP contribution in [0, 0.1) is 5.41 Å². The van der Waals surface area contributed by atoms with Crippen molar-refractivity contribution < 1.29 is 4.79 Å². The van der Waals surface area contributed by atoms with Crippen molar-refractivity contribution in [2.24, 2.45) is 0 Å². The van der Waals surface area contributed by atoms with Gasteiger partial charge in [0.25, 0.3) is 0 Å². The smallest absolute Gasteiger partial charge is 0.237 e. The summed E-state index contributed by atoms with van der Waals surface area (Å²) in [6.07, 6.45) is 8.45. The van der Waals surface area contributed by atoms with Crippen LogP contribution in [0.4, 0.5) is 11.5 Å². The van der Waals surface area contributed by atoms with Crippen LogP contribution in [0.15, 0.2) is 48.9 Å². The minimum absolute atomic E-state index is 0.159. The Bertz CT molecular complexity index is 1080. The number of carbonyl (C=O) groups excluding carboxylic acids is 1. The summed E-state index contributed by atoms with van der Waals surface area (Å²) in [5, 5.41) is 8.71. The molecule has 2 unspecified atom stereocenters. The van der Waals surface area contributed by atoms with Crippen molar-refractivity contribution in [2.45, 2.75) is 45.2 Å². The molecular weight excluding hydrogens is 390 g/mol. The van der Waals surface area contributed by atoms with Crippen LogP contribution in [0.25, 0.3) is 17.3 Å². The summed E-state index contributed by atoms with van der Waals surface area (Å²) in [6, 6.07) is 9.37. The molecule has 31 heavy (non-hydrogen) atoms. The predicted octanol–water partition coefficient (Wildman–Crippen LogP) is 3.71. The van der Waals surface area contributed by atoms with Gasteiger partial charge in [-0.1, -0.05) is 44.2 Å². The van der Waals surface area contributed by atoms with E-state index in [1.807, 2.05) is 71.8 Å². The third kappa shape index (κ3) is 3.58. The van der Waals surface area contributed by atoms with Crippen LogP contribution in [0.1, 0.15) is 33.1 Å². The summed E-state index contributed by atoms with van der Waals surface area (Å²) in [5.41, 5.74) is 1.71. The molecule has 0 radical (unpaired) electrons. The molecule has 8 heteroatoms. The van der Waals surface area contributed by atoms with Crippen LogP contribution >= 0.6 is 0 Å². The molecule has 1 aliphatic rings. The highest BCUT2D eigenvalue weighted by atomic mass is 16.1. The number of nitrogens with zero attached hydrogens (tertiary/aromatic N) is 6. The standard InChI is InChI=1S/C23H27N7O/c1-4-9-20(24)30-17(5-2)19(15-31)28(3)18-14-26-23(27-22(18)30)29-13-12-25-21(29)16-10-7-6-8-11-16/h6-8,10-15,17,19,24H,4-5,9H2,1-3H3. The van der Waals surface area contributed by atoms with E-state index >= 15 is 0 Å². The zero-order chi connectivity index (χ0) is 22.0. The van der Waals surface area contributed by atoms with Gasteiger partial charge in [0.2, 0.25) is 5.95 Å². The normalized spacial score (nSPS) is 18.0. The molecule has 0 amide bonds. The number of fused-ring (bicyclic) bond motifs is 1. The van der Waals surface area contributed by atoms with Gasteiger partial charge in [0.15, 0.2) is 5.82 Å². The molecule has 160 valence electrons. The molecule has 0 bridgehead atoms. The number of carbonyl (C=O) groups is 1. The van der Waals surface area contributed by atoms with E-state index in [1.165, 1.54) is 0 Å². The SMILES string of the molecule is CCCC(=N)N1c2nc(-n3ccnc3-c3ccccc3)ncc2N(C)C(C=O)C1CC. The van der Waals surface area contributed by atoms with Gasteiger partial charge in [0.05, 0.1) is 17.9 Å². The van der Waals surface area contributed by atoms with Crippen LogP contribution in [0.5, 0.6) is 0 Å². The summed E-state index contributed by atoms with van der Waals surface area (Å²) >= 11 is 0. The number of nitrogens with one attached hydrogen (secondary N) is 1. The Morgan fingerprint density at radius 2 is 1.97 bits per heavy atom. The average molecular weight is 418 g/mol. The maximum atomic E-state index is 11.9. The third-order valence-electron chi connectivity index (χ3n) is 5.74. The van der Waals surface area contributed by atoms with Gasteiger partial charge in [-0.25, -0.2) is 9.97 Å². The van der Waals surface area contributed by atoms with Gasteiger partial charge in [-0.15, -0.1) is 0 Å². The van der Waals surface area contributed by atoms with Crippen LogP contribution in [0.2, 0.25) is 0 Å². The van der Waals surface area contributed by atoms with Crippen molar-refractivity contribution in [2.75, 3.05) is 16.8 Å². The highest BCUT2D eigenvalue weighted by Crippen LogP contribution is 2.37. The number of aromatic nitrogens is 4. The van der Waals surface area contributed by atoms with Gasteiger partial charge in [-0.3, -0.25) is 9.98 Å². The quantitative estimate of drug-likeness (QED) is 0.373. The van der Waals surface area contributed by atoms with E-state index in [-0.39, 0.29) is 12.1 Å². The van der Waals surface area contributed by atoms with Crippen molar-refractivity contribution in [3.8, 4) is 17.3 Å². The average Bonchev–Trinajstić information content (AvgIpc) is 3.29. The van der Waals surface area contributed by atoms with Crippen molar-refractivity contribution in [3.63, 3.8) is 0 Å². The highest BCUT2D eigenvalue weighted by Gasteiger charge is 2.39. The molecular formula is C23H27N7O. The second kappa shape index (κ2) is 8.67. The molecule has 1 aliphatic heterocycles. The van der Waals surface area contributed by atoms with Crippen molar-refractivity contribution in [1.82, 2.24) is 19.5 Å². The highest BCUT2D eigenvalue weighted by molar-refractivity contribution is 6.00. The van der Waals surface area contributed by atoms with Gasteiger partial charge < -0.3 is 14.6 Å². The van der Waals surface area contributed by atoms with E-state index in [2.05, 4.69) is 9.97 Å². The Hall–Kier alpha value is -3.55. The van der Waals surface area contributed by atoms with Crippen LogP contribution in [0.3, 0.4) is 0 Å². The number of imidazole rings is 1. The van der Waals surface area contributed by atoms with E-state index in [0.29, 0.717) is 24.0 Å². The van der Waals surface area contributed by atoms with Gasteiger partial charge in [0, 0.05) is 31.4 Å².